The smallest absolute Gasteiger partial charge is 0.334 e. The van der Waals surface area contributed by atoms with E-state index in [4.69, 9.17) is 0 Å². The van der Waals surface area contributed by atoms with Gasteiger partial charge in [-0.1, -0.05) is 0 Å². The van der Waals surface area contributed by atoms with E-state index < -0.39 is 29.0 Å². The van der Waals surface area contributed by atoms with Crippen LogP contribution in [-0.2, 0) is 6.18 Å². The van der Waals surface area contributed by atoms with E-state index in [1.807, 2.05) is 0 Å². The van der Waals surface area contributed by atoms with Gasteiger partial charge in [0.25, 0.3) is 5.91 Å². The quantitative estimate of drug-likeness (QED) is 0.800. The molecule has 116 valence electrons. The van der Waals surface area contributed by atoms with E-state index in [1.165, 1.54) is 4.90 Å². The van der Waals surface area contributed by atoms with Crippen LogP contribution in [0.5, 0.6) is 0 Å². The maximum atomic E-state index is 13.7. The molecule has 3 rings (SSSR count). The number of likely N-dealkylation sites (tertiary alicyclic amines) is 1. The second-order valence-corrected chi connectivity index (χ2v) is 5.04. The molecule has 1 fully saturated rings. The van der Waals surface area contributed by atoms with Crippen molar-refractivity contribution in [3.63, 3.8) is 0 Å². The van der Waals surface area contributed by atoms with Gasteiger partial charge in [-0.25, -0.2) is 4.39 Å². The lowest BCUT2D eigenvalue weighted by atomic mass is 10.0. The van der Waals surface area contributed by atoms with Gasteiger partial charge in [0.1, 0.15) is 5.82 Å². The Hall–Kier alpha value is -2.38. The Labute approximate surface area is 122 Å². The molecule has 0 unspecified atom stereocenters. The van der Waals surface area contributed by atoms with Crippen LogP contribution in [0.4, 0.5) is 17.6 Å². The maximum Gasteiger partial charge on any atom is 0.416 e. The molecule has 0 aliphatic carbocycles. The first-order valence-electron chi connectivity index (χ1n) is 6.51. The number of nitrogens with zero attached hydrogens (tertiary/aromatic N) is 3. The Morgan fingerprint density at radius 3 is 2.59 bits per heavy atom. The van der Waals surface area contributed by atoms with Gasteiger partial charge in [0, 0.05) is 25.5 Å². The Bertz CT molecular complexity index is 691. The fourth-order valence-electron chi connectivity index (χ4n) is 2.32. The highest BCUT2D eigenvalue weighted by Gasteiger charge is 2.36. The Kier molecular flexibility index (Phi) is 3.38. The van der Waals surface area contributed by atoms with E-state index in [1.54, 1.807) is 23.1 Å². The molecule has 22 heavy (non-hydrogen) atoms. The zero-order valence-corrected chi connectivity index (χ0v) is 11.2. The average molecular weight is 313 g/mol. The summed E-state index contributed by atoms with van der Waals surface area (Å²) in [6.45, 7) is 0.576. The monoisotopic (exact) mass is 313 g/mol. The topological polar surface area (TPSA) is 38.1 Å². The van der Waals surface area contributed by atoms with Crippen molar-refractivity contribution in [1.29, 1.82) is 0 Å². The van der Waals surface area contributed by atoms with Crippen LogP contribution < -0.4 is 0 Å². The second kappa shape index (κ2) is 5.11. The molecule has 1 amide bonds. The molecular formula is C14H11F4N3O. The van der Waals surface area contributed by atoms with E-state index in [2.05, 4.69) is 5.10 Å². The molecule has 1 saturated heterocycles. The highest BCUT2D eigenvalue weighted by molar-refractivity contribution is 5.95. The van der Waals surface area contributed by atoms with Crippen LogP contribution in [0.1, 0.15) is 22.0 Å². The van der Waals surface area contributed by atoms with Crippen molar-refractivity contribution < 1.29 is 22.4 Å². The lowest BCUT2D eigenvalue weighted by molar-refractivity contribution is -0.137. The van der Waals surface area contributed by atoms with E-state index in [9.17, 15) is 22.4 Å². The molecule has 1 aromatic heterocycles. The first kappa shape index (κ1) is 14.6. The van der Waals surface area contributed by atoms with Crippen molar-refractivity contribution in [2.75, 3.05) is 13.1 Å². The fraction of sp³-hybridized carbons (Fsp3) is 0.286. The van der Waals surface area contributed by atoms with Gasteiger partial charge in [-0.15, -0.1) is 0 Å². The van der Waals surface area contributed by atoms with Crippen LogP contribution in [0.15, 0.2) is 36.7 Å². The standard InChI is InChI=1S/C14H11F4N3O/c15-12-3-2-9(14(16,17)18)6-11(12)13(22)20-7-10(8-20)21-5-1-4-19-21/h1-6,10H,7-8H2. The van der Waals surface area contributed by atoms with Crippen LogP contribution >= 0.6 is 0 Å². The zero-order valence-electron chi connectivity index (χ0n) is 11.2. The van der Waals surface area contributed by atoms with Crippen LogP contribution in [0.25, 0.3) is 0 Å². The third-order valence-corrected chi connectivity index (χ3v) is 3.57. The Morgan fingerprint density at radius 1 is 1.27 bits per heavy atom. The largest absolute Gasteiger partial charge is 0.416 e. The summed E-state index contributed by atoms with van der Waals surface area (Å²) in [7, 11) is 0. The number of halogens is 4. The molecule has 0 bridgehead atoms. The summed E-state index contributed by atoms with van der Waals surface area (Å²) in [5.74, 6) is -1.70. The minimum atomic E-state index is -4.62. The molecule has 4 nitrogen and oxygen atoms in total. The first-order chi connectivity index (χ1) is 10.4. The summed E-state index contributed by atoms with van der Waals surface area (Å²) < 4.78 is 53.3. The minimum Gasteiger partial charge on any atom is -0.334 e. The molecule has 2 heterocycles. The first-order valence-corrected chi connectivity index (χ1v) is 6.51. The highest BCUT2D eigenvalue weighted by Crippen LogP contribution is 2.31. The van der Waals surface area contributed by atoms with Crippen molar-refractivity contribution >= 4 is 5.91 Å². The van der Waals surface area contributed by atoms with Crippen LogP contribution in [-0.4, -0.2) is 33.7 Å². The lowest BCUT2D eigenvalue weighted by Gasteiger charge is -2.39. The van der Waals surface area contributed by atoms with Crippen LogP contribution in [0.3, 0.4) is 0 Å². The van der Waals surface area contributed by atoms with Gasteiger partial charge in [0.05, 0.1) is 17.2 Å². The van der Waals surface area contributed by atoms with Crippen molar-refractivity contribution in [3.8, 4) is 0 Å². The third-order valence-electron chi connectivity index (χ3n) is 3.57. The van der Waals surface area contributed by atoms with Gasteiger partial charge in [-0.05, 0) is 24.3 Å². The summed E-state index contributed by atoms with van der Waals surface area (Å²) in [5, 5.41) is 4.02. The van der Waals surface area contributed by atoms with Gasteiger partial charge in [-0.3, -0.25) is 9.48 Å². The van der Waals surface area contributed by atoms with E-state index in [0.717, 1.165) is 0 Å². The van der Waals surface area contributed by atoms with Gasteiger partial charge < -0.3 is 4.90 Å². The van der Waals surface area contributed by atoms with Gasteiger partial charge in [0.15, 0.2) is 0 Å². The van der Waals surface area contributed by atoms with Crippen molar-refractivity contribution in [2.24, 2.45) is 0 Å². The number of amides is 1. The van der Waals surface area contributed by atoms with Gasteiger partial charge in [0.2, 0.25) is 0 Å². The number of hydrogen-bond acceptors (Lipinski definition) is 2. The normalized spacial score (nSPS) is 15.7. The van der Waals surface area contributed by atoms with E-state index in [-0.39, 0.29) is 19.1 Å². The number of aromatic nitrogens is 2. The lowest BCUT2D eigenvalue weighted by Crippen LogP contribution is -2.51. The average Bonchev–Trinajstić information content (AvgIpc) is 2.89. The number of alkyl halides is 3. The molecule has 1 aromatic carbocycles. The summed E-state index contributed by atoms with van der Waals surface area (Å²) in [6, 6.07) is 3.54. The second-order valence-electron chi connectivity index (χ2n) is 5.04. The molecule has 0 spiro atoms. The predicted molar refractivity (Wildman–Crippen MR) is 68.6 cm³/mol. The summed E-state index contributed by atoms with van der Waals surface area (Å²) in [4.78, 5) is 13.4. The molecule has 2 aromatic rings. The molecule has 8 heteroatoms. The molecule has 1 aliphatic rings. The summed E-state index contributed by atoms with van der Waals surface area (Å²) in [6.07, 6.45) is -1.29. The van der Waals surface area contributed by atoms with Crippen molar-refractivity contribution in [2.45, 2.75) is 12.2 Å². The van der Waals surface area contributed by atoms with Gasteiger partial charge in [-0.2, -0.15) is 18.3 Å². The molecule has 0 saturated carbocycles. The van der Waals surface area contributed by atoms with Crippen molar-refractivity contribution in [3.05, 3.63) is 53.6 Å². The number of rotatable bonds is 2. The zero-order chi connectivity index (χ0) is 15.9. The fourth-order valence-corrected chi connectivity index (χ4v) is 2.32. The summed E-state index contributed by atoms with van der Waals surface area (Å²) >= 11 is 0. The van der Waals surface area contributed by atoms with E-state index in [0.29, 0.717) is 18.2 Å². The Morgan fingerprint density at radius 2 is 2.00 bits per heavy atom. The molecule has 0 N–H and O–H groups in total. The number of carbonyl (C=O) groups excluding carboxylic acids is 1. The number of benzene rings is 1. The molecule has 1 aliphatic heterocycles. The molecule has 0 radical (unpaired) electrons. The van der Waals surface area contributed by atoms with Crippen LogP contribution in [0.2, 0.25) is 0 Å². The number of hydrogen-bond donors (Lipinski definition) is 0. The molecule has 0 atom stereocenters. The number of carbonyl (C=O) groups is 1. The maximum absolute atomic E-state index is 13.7. The Balaban J connectivity index is 1.76. The SMILES string of the molecule is O=C(c1cc(C(F)(F)F)ccc1F)N1CC(n2cccn2)C1. The minimum absolute atomic E-state index is 0.0344. The van der Waals surface area contributed by atoms with Gasteiger partial charge >= 0.3 is 6.18 Å². The predicted octanol–water partition coefficient (Wildman–Crippen LogP) is 2.74. The van der Waals surface area contributed by atoms with Crippen molar-refractivity contribution in [1.82, 2.24) is 14.7 Å². The highest BCUT2D eigenvalue weighted by atomic mass is 19.4. The third kappa shape index (κ3) is 2.56. The molecular weight excluding hydrogens is 302 g/mol. The van der Waals surface area contributed by atoms with E-state index >= 15 is 0 Å². The van der Waals surface area contributed by atoms with Crippen LogP contribution in [0, 0.1) is 5.82 Å². The summed E-state index contributed by atoms with van der Waals surface area (Å²) in [5.41, 5.74) is -1.60.